The number of ether oxygens (including phenoxy) is 3. The van der Waals surface area contributed by atoms with Crippen molar-refractivity contribution in [2.45, 2.75) is 57.8 Å². The highest BCUT2D eigenvalue weighted by molar-refractivity contribution is 6.32. The van der Waals surface area contributed by atoms with E-state index in [0.717, 1.165) is 11.0 Å². The molecule has 0 aromatic heterocycles. The third-order valence-electron chi connectivity index (χ3n) is 5.37. The van der Waals surface area contributed by atoms with Crippen molar-refractivity contribution in [1.29, 1.82) is 0 Å². The van der Waals surface area contributed by atoms with Crippen molar-refractivity contribution in [1.82, 2.24) is 0 Å². The normalized spacial score (nSPS) is 25.7. The molecule has 1 saturated heterocycles. The molecule has 1 heterocycles. The van der Waals surface area contributed by atoms with Gasteiger partial charge in [0.2, 0.25) is 11.8 Å². The summed E-state index contributed by atoms with van der Waals surface area (Å²) < 4.78 is 32.2. The lowest BCUT2D eigenvalue weighted by Gasteiger charge is -2.45. The Morgan fingerprint density at radius 3 is 2.37 bits per heavy atom. The molecule has 1 aromatic carbocycles. The van der Waals surface area contributed by atoms with E-state index in [1.54, 1.807) is 27.7 Å². The van der Waals surface area contributed by atoms with Crippen LogP contribution < -0.4 is 9.64 Å². The number of carbonyl (C=O) groups excluding carboxylic acids is 2. The summed E-state index contributed by atoms with van der Waals surface area (Å²) in [5.74, 6) is -4.84. The second-order valence-electron chi connectivity index (χ2n) is 7.63. The molecule has 6 nitrogen and oxygen atoms in total. The summed E-state index contributed by atoms with van der Waals surface area (Å²) in [4.78, 5) is 27.6. The first-order valence-electron chi connectivity index (χ1n) is 10.1. The molecule has 0 spiro atoms. The molecular weight excluding hydrogens is 436 g/mol. The van der Waals surface area contributed by atoms with Crippen LogP contribution in [0.15, 0.2) is 12.1 Å². The molecule has 166 valence electrons. The molecule has 30 heavy (non-hydrogen) atoms. The lowest BCUT2D eigenvalue weighted by molar-refractivity contribution is -0.272. The van der Waals surface area contributed by atoms with Crippen molar-refractivity contribution >= 4 is 40.7 Å². The minimum Gasteiger partial charge on any atom is -0.489 e. The van der Waals surface area contributed by atoms with Gasteiger partial charge >= 0.3 is 0 Å². The number of hydrogen-bond donors (Lipinski definition) is 0. The zero-order valence-electron chi connectivity index (χ0n) is 17.4. The van der Waals surface area contributed by atoms with E-state index in [4.69, 9.17) is 37.4 Å². The lowest BCUT2D eigenvalue weighted by Crippen LogP contribution is -2.58. The quantitative estimate of drug-likeness (QED) is 0.338. The topological polar surface area (TPSA) is 65.1 Å². The van der Waals surface area contributed by atoms with Gasteiger partial charge < -0.3 is 14.2 Å². The highest BCUT2D eigenvalue weighted by Gasteiger charge is 2.64. The van der Waals surface area contributed by atoms with Crippen molar-refractivity contribution in [2.75, 3.05) is 18.1 Å². The molecule has 2 aliphatic rings. The number of benzene rings is 1. The fraction of sp³-hybridized carbons (Fsp3) is 0.619. The number of halogens is 3. The number of nitrogens with zero attached hydrogens (tertiary/aromatic N) is 1. The van der Waals surface area contributed by atoms with Crippen molar-refractivity contribution in [2.24, 2.45) is 11.8 Å². The number of rotatable bonds is 7. The van der Waals surface area contributed by atoms with Crippen LogP contribution in [-0.2, 0) is 19.1 Å². The summed E-state index contributed by atoms with van der Waals surface area (Å²) in [7, 11) is 0. The Labute approximate surface area is 185 Å². The van der Waals surface area contributed by atoms with Gasteiger partial charge in [-0.15, -0.1) is 11.6 Å². The SMILES string of the molecule is CCOC1(OCC)C(Cl)CCC2C(=O)N(c3cc(OC(C)C)c(Cl)cc3F)C(=O)C21. The fourth-order valence-corrected chi connectivity index (χ4v) is 4.90. The summed E-state index contributed by atoms with van der Waals surface area (Å²) in [5, 5.41) is -0.564. The predicted octanol–water partition coefficient (Wildman–Crippen LogP) is 4.54. The molecule has 1 aliphatic carbocycles. The van der Waals surface area contributed by atoms with Crippen LogP contribution in [0.2, 0.25) is 5.02 Å². The van der Waals surface area contributed by atoms with E-state index < -0.39 is 40.6 Å². The van der Waals surface area contributed by atoms with Gasteiger partial charge in [-0.2, -0.15) is 0 Å². The third-order valence-corrected chi connectivity index (χ3v) is 6.19. The minimum absolute atomic E-state index is 0.0558. The van der Waals surface area contributed by atoms with Crippen molar-refractivity contribution in [3.8, 4) is 5.75 Å². The number of hydrogen-bond acceptors (Lipinski definition) is 5. The summed E-state index contributed by atoms with van der Waals surface area (Å²) in [6, 6.07) is 2.33. The molecule has 1 saturated carbocycles. The number of amides is 2. The molecule has 3 rings (SSSR count). The van der Waals surface area contributed by atoms with Crippen LogP contribution in [0.1, 0.15) is 40.5 Å². The van der Waals surface area contributed by atoms with Gasteiger partial charge in [0.05, 0.1) is 28.1 Å². The molecule has 0 bridgehead atoms. The van der Waals surface area contributed by atoms with Crippen molar-refractivity contribution in [3.05, 3.63) is 23.0 Å². The van der Waals surface area contributed by atoms with E-state index in [2.05, 4.69) is 0 Å². The van der Waals surface area contributed by atoms with E-state index in [0.29, 0.717) is 12.8 Å². The molecule has 0 N–H and O–H groups in total. The smallest absolute Gasteiger partial charge is 0.243 e. The number of carbonyl (C=O) groups is 2. The number of alkyl halides is 1. The largest absolute Gasteiger partial charge is 0.489 e. The van der Waals surface area contributed by atoms with E-state index in [1.807, 2.05) is 0 Å². The first kappa shape index (κ1) is 23.3. The maximum Gasteiger partial charge on any atom is 0.243 e. The Balaban J connectivity index is 2.08. The molecular formula is C21H26Cl2FNO5. The van der Waals surface area contributed by atoms with Crippen molar-refractivity contribution in [3.63, 3.8) is 0 Å². The molecule has 0 radical (unpaired) electrons. The second-order valence-corrected chi connectivity index (χ2v) is 8.56. The van der Waals surface area contributed by atoms with Crippen LogP contribution in [0.25, 0.3) is 0 Å². The zero-order chi connectivity index (χ0) is 22.2. The monoisotopic (exact) mass is 461 g/mol. The second kappa shape index (κ2) is 8.99. The maximum absolute atomic E-state index is 14.8. The van der Waals surface area contributed by atoms with E-state index in [1.165, 1.54) is 6.07 Å². The van der Waals surface area contributed by atoms with Gasteiger partial charge in [-0.3, -0.25) is 9.59 Å². The van der Waals surface area contributed by atoms with E-state index >= 15 is 0 Å². The van der Waals surface area contributed by atoms with Gasteiger partial charge in [-0.1, -0.05) is 11.6 Å². The molecule has 3 unspecified atom stereocenters. The molecule has 2 amide bonds. The standard InChI is InChI=1S/C21H26Cl2FNO5/c1-5-28-21(29-6-2)17(23)8-7-12-18(21)20(27)25(19(12)26)15-10-16(30-11(3)4)13(22)9-14(15)24/h9-12,17-18H,5-8H2,1-4H3. The van der Waals surface area contributed by atoms with Crippen LogP contribution in [0.5, 0.6) is 5.75 Å². The van der Waals surface area contributed by atoms with Crippen LogP contribution >= 0.6 is 23.2 Å². The maximum atomic E-state index is 14.8. The van der Waals surface area contributed by atoms with Crippen molar-refractivity contribution < 1.29 is 28.2 Å². The summed E-state index contributed by atoms with van der Waals surface area (Å²) >= 11 is 12.6. The van der Waals surface area contributed by atoms with Gasteiger partial charge in [0.25, 0.3) is 0 Å². The van der Waals surface area contributed by atoms with Crippen LogP contribution in [0.3, 0.4) is 0 Å². The first-order valence-corrected chi connectivity index (χ1v) is 10.9. The van der Waals surface area contributed by atoms with Gasteiger partial charge in [0.15, 0.2) is 5.79 Å². The Kier molecular flexibility index (Phi) is 6.97. The highest BCUT2D eigenvalue weighted by atomic mass is 35.5. The highest BCUT2D eigenvalue weighted by Crippen LogP contribution is 2.50. The third kappa shape index (κ3) is 3.81. The Hall–Kier alpha value is -1.41. The number of imide groups is 1. The van der Waals surface area contributed by atoms with Gasteiger partial charge in [0, 0.05) is 19.3 Å². The Bertz CT molecular complexity index is 828. The lowest BCUT2D eigenvalue weighted by atomic mass is 9.75. The summed E-state index contributed by atoms with van der Waals surface area (Å²) in [5.41, 5.74) is -0.201. The summed E-state index contributed by atoms with van der Waals surface area (Å²) in [6.45, 7) is 7.60. The minimum atomic E-state index is -1.45. The Morgan fingerprint density at radius 2 is 1.80 bits per heavy atom. The number of fused-ring (bicyclic) bond motifs is 1. The fourth-order valence-electron chi connectivity index (χ4n) is 4.32. The van der Waals surface area contributed by atoms with Gasteiger partial charge in [-0.05, 0) is 46.6 Å². The zero-order valence-corrected chi connectivity index (χ0v) is 18.9. The van der Waals surface area contributed by atoms with Gasteiger partial charge in [0.1, 0.15) is 17.5 Å². The molecule has 3 atom stereocenters. The first-order chi connectivity index (χ1) is 14.2. The van der Waals surface area contributed by atoms with E-state index in [-0.39, 0.29) is 35.8 Å². The summed E-state index contributed by atoms with van der Waals surface area (Å²) in [6.07, 6.45) is 0.584. The molecule has 2 fully saturated rings. The van der Waals surface area contributed by atoms with E-state index in [9.17, 15) is 14.0 Å². The predicted molar refractivity (Wildman–Crippen MR) is 112 cm³/mol. The molecule has 1 aromatic rings. The Morgan fingerprint density at radius 1 is 1.17 bits per heavy atom. The molecule has 9 heteroatoms. The molecule has 1 aliphatic heterocycles. The average molecular weight is 462 g/mol. The van der Waals surface area contributed by atoms with Gasteiger partial charge in [-0.25, -0.2) is 9.29 Å². The van der Waals surface area contributed by atoms with Crippen LogP contribution in [-0.4, -0.2) is 42.3 Å². The van der Waals surface area contributed by atoms with Crippen LogP contribution in [0.4, 0.5) is 10.1 Å². The van der Waals surface area contributed by atoms with Crippen LogP contribution in [0, 0.1) is 17.7 Å². The number of anilines is 1. The average Bonchev–Trinajstić information content (AvgIpc) is 2.92.